The second-order valence-electron chi connectivity index (χ2n) is 7.62. The van der Waals surface area contributed by atoms with Crippen molar-refractivity contribution in [2.75, 3.05) is 0 Å². The average molecular weight is 284 g/mol. The molecule has 0 radical (unpaired) electrons. The van der Waals surface area contributed by atoms with Gasteiger partial charge in [-0.1, -0.05) is 69.4 Å². The van der Waals surface area contributed by atoms with E-state index >= 15 is 0 Å². The van der Waals surface area contributed by atoms with Gasteiger partial charge in [0.25, 0.3) is 0 Å². The van der Waals surface area contributed by atoms with Gasteiger partial charge in [-0.3, -0.25) is 0 Å². The van der Waals surface area contributed by atoms with Crippen molar-refractivity contribution < 1.29 is 0 Å². The van der Waals surface area contributed by atoms with Crippen LogP contribution in [-0.4, -0.2) is 0 Å². The standard InChI is InChI=1S/C21H32/c1-2-3-5-8-17-11-12-21-16-20(14-13-19(21)15-17)18-9-6-4-7-10-18/h4,6-7,9-10,17,19-21H,2-3,5,8,11-16H2,1H3/t17?,19-,20-,21-/m1/s1. The van der Waals surface area contributed by atoms with Gasteiger partial charge in [0, 0.05) is 0 Å². The van der Waals surface area contributed by atoms with Crippen molar-refractivity contribution >= 4 is 0 Å². The molecule has 0 aromatic heterocycles. The van der Waals surface area contributed by atoms with E-state index in [0.29, 0.717) is 0 Å². The quantitative estimate of drug-likeness (QED) is 0.537. The highest BCUT2D eigenvalue weighted by atomic mass is 14.4. The Labute approximate surface area is 131 Å². The zero-order valence-corrected chi connectivity index (χ0v) is 13.8. The van der Waals surface area contributed by atoms with Crippen LogP contribution in [0.2, 0.25) is 0 Å². The van der Waals surface area contributed by atoms with Crippen LogP contribution in [0.4, 0.5) is 0 Å². The Balaban J connectivity index is 1.51. The van der Waals surface area contributed by atoms with Crippen molar-refractivity contribution in [1.29, 1.82) is 0 Å². The lowest BCUT2D eigenvalue weighted by Crippen LogP contribution is -2.30. The summed E-state index contributed by atoms with van der Waals surface area (Å²) in [5, 5.41) is 0. The molecule has 1 unspecified atom stereocenters. The minimum Gasteiger partial charge on any atom is -0.0654 e. The third-order valence-corrected chi connectivity index (χ3v) is 6.21. The molecule has 0 saturated heterocycles. The molecule has 116 valence electrons. The number of unbranched alkanes of at least 4 members (excludes halogenated alkanes) is 2. The summed E-state index contributed by atoms with van der Waals surface area (Å²) < 4.78 is 0. The molecule has 0 amide bonds. The lowest BCUT2D eigenvalue weighted by molar-refractivity contribution is 0.113. The molecule has 1 aromatic rings. The highest BCUT2D eigenvalue weighted by Crippen LogP contribution is 2.48. The van der Waals surface area contributed by atoms with Crippen LogP contribution in [0.25, 0.3) is 0 Å². The van der Waals surface area contributed by atoms with Gasteiger partial charge in [0.1, 0.15) is 0 Å². The zero-order chi connectivity index (χ0) is 14.5. The summed E-state index contributed by atoms with van der Waals surface area (Å²) in [7, 11) is 0. The van der Waals surface area contributed by atoms with Crippen molar-refractivity contribution in [3.8, 4) is 0 Å². The molecule has 0 aliphatic heterocycles. The molecule has 21 heavy (non-hydrogen) atoms. The van der Waals surface area contributed by atoms with Gasteiger partial charge >= 0.3 is 0 Å². The van der Waals surface area contributed by atoms with Crippen LogP contribution in [-0.2, 0) is 0 Å². The first-order valence-corrected chi connectivity index (χ1v) is 9.41. The molecule has 1 aromatic carbocycles. The first-order valence-electron chi connectivity index (χ1n) is 9.41. The SMILES string of the molecule is CCCCCC1CC[C@@H]2C[C@H](c3ccccc3)CC[C@@H]2C1. The van der Waals surface area contributed by atoms with Crippen molar-refractivity contribution in [3.63, 3.8) is 0 Å². The van der Waals surface area contributed by atoms with Gasteiger partial charge in [0.2, 0.25) is 0 Å². The summed E-state index contributed by atoms with van der Waals surface area (Å²) in [6, 6.07) is 11.3. The molecule has 0 heterocycles. The van der Waals surface area contributed by atoms with Gasteiger partial charge in [-0.15, -0.1) is 0 Å². The Hall–Kier alpha value is -0.780. The van der Waals surface area contributed by atoms with Gasteiger partial charge in [0.05, 0.1) is 0 Å². The number of hydrogen-bond acceptors (Lipinski definition) is 0. The van der Waals surface area contributed by atoms with E-state index in [2.05, 4.69) is 37.3 Å². The Bertz CT molecular complexity index is 407. The van der Waals surface area contributed by atoms with E-state index in [0.717, 1.165) is 23.7 Å². The van der Waals surface area contributed by atoms with Gasteiger partial charge in [-0.2, -0.15) is 0 Å². The molecule has 0 bridgehead atoms. The molecule has 2 fully saturated rings. The number of fused-ring (bicyclic) bond motifs is 1. The van der Waals surface area contributed by atoms with E-state index in [1.807, 2.05) is 0 Å². The minimum atomic E-state index is 0.851. The summed E-state index contributed by atoms with van der Waals surface area (Å²) >= 11 is 0. The second-order valence-corrected chi connectivity index (χ2v) is 7.62. The summed E-state index contributed by atoms with van der Waals surface area (Å²) in [6.45, 7) is 2.32. The molecule has 4 atom stereocenters. The van der Waals surface area contributed by atoms with Crippen LogP contribution >= 0.6 is 0 Å². The summed E-state index contributed by atoms with van der Waals surface area (Å²) in [5.74, 6) is 4.01. The molecule has 2 saturated carbocycles. The molecule has 3 rings (SSSR count). The fraction of sp³-hybridized carbons (Fsp3) is 0.714. The third kappa shape index (κ3) is 3.90. The van der Waals surface area contributed by atoms with Crippen molar-refractivity contribution in [2.45, 2.75) is 77.0 Å². The predicted molar refractivity (Wildman–Crippen MR) is 91.5 cm³/mol. The van der Waals surface area contributed by atoms with Crippen LogP contribution in [0.15, 0.2) is 30.3 Å². The lowest BCUT2D eigenvalue weighted by atomic mass is 9.63. The van der Waals surface area contributed by atoms with Gasteiger partial charge in [0.15, 0.2) is 0 Å². The monoisotopic (exact) mass is 284 g/mol. The van der Waals surface area contributed by atoms with E-state index in [9.17, 15) is 0 Å². The Morgan fingerprint density at radius 1 is 0.857 bits per heavy atom. The molecule has 0 heteroatoms. The van der Waals surface area contributed by atoms with Crippen molar-refractivity contribution in [1.82, 2.24) is 0 Å². The summed E-state index contributed by atoms with van der Waals surface area (Å²) in [6.07, 6.45) is 14.8. The highest BCUT2D eigenvalue weighted by molar-refractivity contribution is 5.20. The molecule has 0 nitrogen and oxygen atoms in total. The van der Waals surface area contributed by atoms with E-state index in [1.165, 1.54) is 57.8 Å². The molecular weight excluding hydrogens is 252 g/mol. The predicted octanol–water partition coefficient (Wildman–Crippen LogP) is 6.57. The molecule has 2 aliphatic rings. The maximum Gasteiger partial charge on any atom is -0.0159 e. The summed E-state index contributed by atoms with van der Waals surface area (Å²) in [5.41, 5.74) is 1.60. The number of rotatable bonds is 5. The lowest BCUT2D eigenvalue weighted by Gasteiger charge is -2.42. The van der Waals surface area contributed by atoms with Gasteiger partial charge < -0.3 is 0 Å². The third-order valence-electron chi connectivity index (χ3n) is 6.21. The second kappa shape index (κ2) is 7.47. The number of benzene rings is 1. The van der Waals surface area contributed by atoms with Gasteiger partial charge in [-0.25, -0.2) is 0 Å². The zero-order valence-electron chi connectivity index (χ0n) is 13.8. The fourth-order valence-corrected chi connectivity index (χ4v) is 4.96. The molecule has 0 spiro atoms. The van der Waals surface area contributed by atoms with Crippen molar-refractivity contribution in [2.24, 2.45) is 17.8 Å². The Kier molecular flexibility index (Phi) is 5.38. The van der Waals surface area contributed by atoms with Crippen LogP contribution in [0.5, 0.6) is 0 Å². The average Bonchev–Trinajstić information content (AvgIpc) is 2.55. The molecule has 2 aliphatic carbocycles. The van der Waals surface area contributed by atoms with Crippen LogP contribution < -0.4 is 0 Å². The van der Waals surface area contributed by atoms with Crippen LogP contribution in [0.1, 0.15) is 82.6 Å². The first kappa shape index (κ1) is 15.1. The molecular formula is C21H32. The summed E-state index contributed by atoms with van der Waals surface area (Å²) in [4.78, 5) is 0. The van der Waals surface area contributed by atoms with E-state index in [-0.39, 0.29) is 0 Å². The fourth-order valence-electron chi connectivity index (χ4n) is 4.96. The van der Waals surface area contributed by atoms with Crippen LogP contribution in [0.3, 0.4) is 0 Å². The first-order chi connectivity index (χ1) is 10.4. The topological polar surface area (TPSA) is 0 Å². The maximum absolute atomic E-state index is 2.35. The Morgan fingerprint density at radius 3 is 2.43 bits per heavy atom. The number of hydrogen-bond donors (Lipinski definition) is 0. The van der Waals surface area contributed by atoms with E-state index in [1.54, 1.807) is 12.0 Å². The van der Waals surface area contributed by atoms with Gasteiger partial charge in [-0.05, 0) is 61.3 Å². The molecule has 0 N–H and O–H groups in total. The van der Waals surface area contributed by atoms with Crippen molar-refractivity contribution in [3.05, 3.63) is 35.9 Å². The normalized spacial score (nSPS) is 32.6. The van der Waals surface area contributed by atoms with Crippen LogP contribution in [0, 0.1) is 17.8 Å². The minimum absolute atomic E-state index is 0.851. The maximum atomic E-state index is 2.35. The smallest absolute Gasteiger partial charge is 0.0159 e. The highest BCUT2D eigenvalue weighted by Gasteiger charge is 2.35. The van der Waals surface area contributed by atoms with E-state index < -0.39 is 0 Å². The largest absolute Gasteiger partial charge is 0.0654 e. The van der Waals surface area contributed by atoms with E-state index in [4.69, 9.17) is 0 Å². The Morgan fingerprint density at radius 2 is 1.62 bits per heavy atom.